The van der Waals surface area contributed by atoms with Crippen molar-refractivity contribution in [2.75, 3.05) is 14.2 Å². The molecule has 0 aromatic heterocycles. The number of carbonyl (C=O) groups excluding carboxylic acids is 1. The van der Waals surface area contributed by atoms with Gasteiger partial charge < -0.3 is 18.9 Å². The lowest BCUT2D eigenvalue weighted by atomic mass is 10.0. The number of methoxy groups -OCH3 is 2. The zero-order chi connectivity index (χ0) is 45.3. The van der Waals surface area contributed by atoms with E-state index in [1.165, 1.54) is 55.6 Å². The highest BCUT2D eigenvalue weighted by atomic mass is 32.2. The van der Waals surface area contributed by atoms with Crippen molar-refractivity contribution in [3.63, 3.8) is 0 Å². The molecule has 8 aromatic carbocycles. The Labute approximate surface area is 381 Å². The third-order valence-corrected chi connectivity index (χ3v) is 13.7. The molecule has 0 aliphatic heterocycles. The molecule has 65 heavy (non-hydrogen) atoms. The van der Waals surface area contributed by atoms with Crippen LogP contribution in [0.4, 0.5) is 0 Å². The predicted octanol–water partition coefficient (Wildman–Crippen LogP) is 12.8. The molecule has 0 fully saturated rings. The molecule has 11 heteroatoms. The molecule has 8 rings (SSSR count). The van der Waals surface area contributed by atoms with Crippen LogP contribution >= 0.6 is 0 Å². The molecule has 0 bridgehead atoms. The monoisotopic (exact) mass is 904 g/mol. The van der Waals surface area contributed by atoms with Crippen molar-refractivity contribution in [2.24, 2.45) is 0 Å². The zero-order valence-corrected chi connectivity index (χ0v) is 37.1. The van der Waals surface area contributed by atoms with Gasteiger partial charge in [0, 0.05) is 11.1 Å². The van der Waals surface area contributed by atoms with Crippen molar-refractivity contribution in [1.82, 2.24) is 0 Å². The highest BCUT2D eigenvalue weighted by Gasteiger charge is 2.20. The Kier molecular flexibility index (Phi) is 15.1. The maximum absolute atomic E-state index is 13.4. The Bertz CT molecular complexity index is 3040. The zero-order valence-electron chi connectivity index (χ0n) is 35.5. The molecule has 0 spiro atoms. The van der Waals surface area contributed by atoms with Gasteiger partial charge in [-0.1, -0.05) is 79.2 Å². The minimum atomic E-state index is -3.79. The van der Waals surface area contributed by atoms with Crippen LogP contribution in [0.3, 0.4) is 0 Å². The van der Waals surface area contributed by atoms with Gasteiger partial charge in [-0.05, 0) is 158 Å². The van der Waals surface area contributed by atoms with E-state index in [4.69, 9.17) is 18.9 Å². The summed E-state index contributed by atoms with van der Waals surface area (Å²) in [6, 6.07) is 55.1. The first-order valence-corrected chi connectivity index (χ1v) is 23.0. The average molecular weight is 905 g/mol. The highest BCUT2D eigenvalue weighted by Crippen LogP contribution is 2.31. The number of sulfone groups is 2. The van der Waals surface area contributed by atoms with Crippen molar-refractivity contribution in [1.29, 1.82) is 0 Å². The topological polar surface area (TPSA) is 122 Å². The lowest BCUT2D eigenvalue weighted by Crippen LogP contribution is -2.02. The smallest absolute Gasteiger partial charge is 0.206 e. The molecule has 9 nitrogen and oxygen atoms in total. The molecular formula is C54H48O9S2. The summed E-state index contributed by atoms with van der Waals surface area (Å²) in [5, 5.41) is 0. The molecule has 0 aliphatic carbocycles. The van der Waals surface area contributed by atoms with E-state index in [1.807, 2.05) is 62.4 Å². The van der Waals surface area contributed by atoms with E-state index in [0.29, 0.717) is 34.1 Å². The summed E-state index contributed by atoms with van der Waals surface area (Å²) < 4.78 is 74.7. The Morgan fingerprint density at radius 1 is 0.338 bits per heavy atom. The molecule has 0 amide bonds. The molecule has 0 saturated heterocycles. The Morgan fingerprint density at radius 2 is 0.569 bits per heavy atom. The summed E-state index contributed by atoms with van der Waals surface area (Å²) in [6.45, 7) is 4.02. The lowest BCUT2D eigenvalue weighted by Gasteiger charge is -2.10. The fourth-order valence-electron chi connectivity index (χ4n) is 6.44. The summed E-state index contributed by atoms with van der Waals surface area (Å²) in [7, 11) is -4.37. The molecule has 8 aromatic rings. The summed E-state index contributed by atoms with van der Waals surface area (Å²) >= 11 is 0. The molecule has 0 aliphatic rings. The third kappa shape index (κ3) is 11.6. The van der Waals surface area contributed by atoms with Crippen LogP contribution in [0.25, 0.3) is 11.1 Å². The largest absolute Gasteiger partial charge is 0.497 e. The van der Waals surface area contributed by atoms with Crippen LogP contribution < -0.4 is 18.9 Å². The van der Waals surface area contributed by atoms with Crippen LogP contribution in [0.5, 0.6) is 34.5 Å². The van der Waals surface area contributed by atoms with Gasteiger partial charge in [0.1, 0.15) is 34.5 Å². The standard InChI is InChI=1S/C38H30O7S2.C15H14O2.CH4/c1-27-3-9-31(10-4-27)44-32-11-13-33(14-12-32)45-34-17-25-38(26-18-34)47(41,42)36-21-7-29(8-22-36)28-5-19-35(20-6-28)46(39,40)37-23-15-30(43-2)16-24-37;1-11-3-5-12(6-4-11)15(16)13-7-9-14(17-2)10-8-13;/h3-26H,1-2H3;3-10H,1-2H3;1H4. The normalized spacial score (nSPS) is 11.0. The maximum atomic E-state index is 13.4. The van der Waals surface area contributed by atoms with Crippen LogP contribution in [-0.4, -0.2) is 36.8 Å². The van der Waals surface area contributed by atoms with Gasteiger partial charge in [0.15, 0.2) is 5.78 Å². The molecule has 0 radical (unpaired) electrons. The first kappa shape index (κ1) is 47.0. The van der Waals surface area contributed by atoms with Crippen LogP contribution in [0.15, 0.2) is 214 Å². The second-order valence-corrected chi connectivity index (χ2v) is 18.5. The first-order valence-electron chi connectivity index (χ1n) is 20.0. The van der Waals surface area contributed by atoms with E-state index in [1.54, 1.807) is 104 Å². The van der Waals surface area contributed by atoms with Gasteiger partial charge in [0.2, 0.25) is 19.7 Å². The van der Waals surface area contributed by atoms with Gasteiger partial charge in [0.05, 0.1) is 33.8 Å². The van der Waals surface area contributed by atoms with E-state index >= 15 is 0 Å². The number of ether oxygens (including phenoxy) is 4. The Balaban J connectivity index is 0.000000326. The molecule has 0 saturated carbocycles. The predicted molar refractivity (Wildman–Crippen MR) is 254 cm³/mol. The second kappa shape index (κ2) is 20.8. The SMILES string of the molecule is C.COc1ccc(C(=O)c2ccc(C)cc2)cc1.COc1ccc(S(=O)(=O)c2ccc(-c3ccc(S(=O)(=O)c4ccc(Oc5ccc(Oc6ccc(C)cc6)cc5)cc4)cc3)cc2)cc1. The summed E-state index contributed by atoms with van der Waals surface area (Å²) in [6.07, 6.45) is 0. The van der Waals surface area contributed by atoms with Gasteiger partial charge in [-0.15, -0.1) is 0 Å². The average Bonchev–Trinajstić information content (AvgIpc) is 3.33. The van der Waals surface area contributed by atoms with Gasteiger partial charge in [-0.25, -0.2) is 16.8 Å². The van der Waals surface area contributed by atoms with Crippen LogP contribution in [0.1, 0.15) is 34.5 Å². The van der Waals surface area contributed by atoms with E-state index in [-0.39, 0.29) is 32.8 Å². The molecular weight excluding hydrogens is 857 g/mol. The maximum Gasteiger partial charge on any atom is 0.206 e. The van der Waals surface area contributed by atoms with Gasteiger partial charge in [-0.3, -0.25) is 4.79 Å². The Morgan fingerprint density at radius 3 is 0.892 bits per heavy atom. The van der Waals surface area contributed by atoms with Gasteiger partial charge in [-0.2, -0.15) is 0 Å². The highest BCUT2D eigenvalue weighted by molar-refractivity contribution is 7.91. The van der Waals surface area contributed by atoms with Crippen LogP contribution in [0.2, 0.25) is 0 Å². The van der Waals surface area contributed by atoms with Crippen molar-refractivity contribution in [3.8, 4) is 45.6 Å². The first-order chi connectivity index (χ1) is 30.8. The van der Waals surface area contributed by atoms with Gasteiger partial charge >= 0.3 is 0 Å². The lowest BCUT2D eigenvalue weighted by molar-refractivity contribution is 0.103. The number of aryl methyl sites for hydroxylation is 2. The molecule has 0 unspecified atom stereocenters. The van der Waals surface area contributed by atoms with Crippen LogP contribution in [0, 0.1) is 13.8 Å². The number of benzene rings is 8. The number of carbonyl (C=O) groups is 1. The number of hydrogen-bond donors (Lipinski definition) is 0. The van der Waals surface area contributed by atoms with Gasteiger partial charge in [0.25, 0.3) is 0 Å². The number of rotatable bonds is 13. The second-order valence-electron chi connectivity index (χ2n) is 14.6. The fourth-order valence-corrected chi connectivity index (χ4v) is 8.96. The molecule has 0 atom stereocenters. The quantitative estimate of drug-likeness (QED) is 0.104. The third-order valence-electron chi connectivity index (χ3n) is 10.1. The molecule has 330 valence electrons. The Hall–Kier alpha value is -7.47. The van der Waals surface area contributed by atoms with Crippen molar-refractivity contribution in [3.05, 3.63) is 216 Å². The summed E-state index contributed by atoms with van der Waals surface area (Å²) in [4.78, 5) is 12.7. The van der Waals surface area contributed by atoms with E-state index in [2.05, 4.69) is 0 Å². The van der Waals surface area contributed by atoms with Crippen molar-refractivity contribution >= 4 is 25.5 Å². The van der Waals surface area contributed by atoms with E-state index in [9.17, 15) is 21.6 Å². The fraction of sp³-hybridized carbons (Fsp3) is 0.0926. The van der Waals surface area contributed by atoms with Crippen LogP contribution in [-0.2, 0) is 19.7 Å². The van der Waals surface area contributed by atoms with E-state index < -0.39 is 19.7 Å². The summed E-state index contributed by atoms with van der Waals surface area (Å²) in [5.41, 5.74) is 5.18. The minimum absolute atomic E-state index is 0. The molecule has 0 heterocycles. The number of ketones is 1. The summed E-state index contributed by atoms with van der Waals surface area (Å²) in [5.74, 6) is 3.84. The van der Waals surface area contributed by atoms with Crippen molar-refractivity contribution in [2.45, 2.75) is 40.9 Å². The number of hydrogen-bond acceptors (Lipinski definition) is 9. The molecule has 0 N–H and O–H groups in total. The minimum Gasteiger partial charge on any atom is -0.497 e. The van der Waals surface area contributed by atoms with Crippen molar-refractivity contribution < 1.29 is 40.6 Å². The van der Waals surface area contributed by atoms with E-state index in [0.717, 1.165) is 33.8 Å².